The molecular formula is C23H34N8O5. The van der Waals surface area contributed by atoms with Gasteiger partial charge in [-0.05, 0) is 31.7 Å². The van der Waals surface area contributed by atoms with Crippen LogP contribution in [-0.2, 0) is 32.0 Å². The zero-order chi connectivity index (χ0) is 26.1. The van der Waals surface area contributed by atoms with Gasteiger partial charge in [-0.25, -0.2) is 14.8 Å². The third-order valence-corrected chi connectivity index (χ3v) is 5.92. The SMILES string of the molecule is CC(C)C[C@H](NC(=O)[C@@H]1CCCN1)C(=O)N[C@@H](Cc1cnc[nH]1)C(=O)N[C@@H](Cc1cnc[nH]1)C(=O)O. The van der Waals surface area contributed by atoms with Gasteiger partial charge < -0.3 is 36.3 Å². The average Bonchev–Trinajstić information content (AvgIpc) is 3.61. The number of H-pyrrole nitrogens is 2. The molecule has 1 fully saturated rings. The van der Waals surface area contributed by atoms with Gasteiger partial charge in [-0.1, -0.05) is 13.8 Å². The van der Waals surface area contributed by atoms with Crippen LogP contribution in [0.5, 0.6) is 0 Å². The summed E-state index contributed by atoms with van der Waals surface area (Å²) in [6.07, 6.45) is 7.86. The number of amides is 3. The molecule has 7 N–H and O–H groups in total. The van der Waals surface area contributed by atoms with Gasteiger partial charge in [0.15, 0.2) is 0 Å². The fourth-order valence-electron chi connectivity index (χ4n) is 4.07. The van der Waals surface area contributed by atoms with Crippen molar-refractivity contribution < 1.29 is 24.3 Å². The van der Waals surface area contributed by atoms with Crippen LogP contribution in [0.1, 0.15) is 44.5 Å². The molecule has 13 heteroatoms. The van der Waals surface area contributed by atoms with Crippen LogP contribution in [0, 0.1) is 5.92 Å². The minimum Gasteiger partial charge on any atom is -0.480 e. The summed E-state index contributed by atoms with van der Waals surface area (Å²) in [5.41, 5.74) is 1.12. The lowest BCUT2D eigenvalue weighted by Crippen LogP contribution is -2.58. The average molecular weight is 503 g/mol. The third kappa shape index (κ3) is 7.90. The van der Waals surface area contributed by atoms with Gasteiger partial charge in [-0.2, -0.15) is 0 Å². The summed E-state index contributed by atoms with van der Waals surface area (Å²) in [6, 6.07) is -3.54. The maximum absolute atomic E-state index is 13.3. The number of hydrogen-bond donors (Lipinski definition) is 7. The molecule has 196 valence electrons. The van der Waals surface area contributed by atoms with Crippen LogP contribution in [0.15, 0.2) is 25.0 Å². The molecule has 3 rings (SSSR count). The first kappa shape index (κ1) is 26.9. The Morgan fingerprint density at radius 3 is 2.03 bits per heavy atom. The number of nitrogens with zero attached hydrogens (tertiary/aromatic N) is 2. The number of aliphatic carboxylic acids is 1. The molecule has 1 aliphatic heterocycles. The number of carbonyl (C=O) groups is 4. The zero-order valence-electron chi connectivity index (χ0n) is 20.4. The van der Waals surface area contributed by atoms with Crippen LogP contribution in [0.3, 0.4) is 0 Å². The van der Waals surface area contributed by atoms with Crippen molar-refractivity contribution >= 4 is 23.7 Å². The highest BCUT2D eigenvalue weighted by Gasteiger charge is 2.32. The Balaban J connectivity index is 1.73. The number of nitrogens with one attached hydrogen (secondary N) is 6. The standard InChI is InChI=1S/C23H34N8O5/c1-13(2)6-17(29-20(32)16-4-3-5-26-16)21(33)30-18(7-14-9-24-11-27-14)22(34)31-19(23(35)36)8-15-10-25-12-28-15/h9-13,16-19,26H,3-8H2,1-2H3,(H,24,27)(H,25,28)(H,29,32)(H,30,33)(H,31,34)(H,35,36)/t16-,17-,18-,19-/m0/s1. The second kappa shape index (κ2) is 12.8. The molecule has 0 saturated carbocycles. The molecule has 0 aliphatic carbocycles. The van der Waals surface area contributed by atoms with Crippen LogP contribution in [0.2, 0.25) is 0 Å². The molecule has 13 nitrogen and oxygen atoms in total. The Bertz CT molecular complexity index is 1000. The van der Waals surface area contributed by atoms with Crippen molar-refractivity contribution in [3.63, 3.8) is 0 Å². The summed E-state index contributed by atoms with van der Waals surface area (Å²) < 4.78 is 0. The largest absolute Gasteiger partial charge is 0.480 e. The summed E-state index contributed by atoms with van der Waals surface area (Å²) >= 11 is 0. The minimum absolute atomic E-state index is 0.00772. The van der Waals surface area contributed by atoms with Crippen LogP contribution in [-0.4, -0.2) is 79.4 Å². The van der Waals surface area contributed by atoms with Gasteiger partial charge in [0.2, 0.25) is 17.7 Å². The number of carbonyl (C=O) groups excluding carboxylic acids is 3. The highest BCUT2D eigenvalue weighted by Crippen LogP contribution is 2.10. The van der Waals surface area contributed by atoms with Gasteiger partial charge in [-0.15, -0.1) is 0 Å². The Labute approximate surface area is 208 Å². The van der Waals surface area contributed by atoms with E-state index in [1.54, 1.807) is 0 Å². The quantitative estimate of drug-likeness (QED) is 0.186. The molecule has 2 aromatic rings. The van der Waals surface area contributed by atoms with Crippen LogP contribution < -0.4 is 21.3 Å². The van der Waals surface area contributed by atoms with Gasteiger partial charge in [0.05, 0.1) is 18.7 Å². The first-order chi connectivity index (χ1) is 17.2. The van der Waals surface area contributed by atoms with Crippen molar-refractivity contribution in [2.24, 2.45) is 5.92 Å². The summed E-state index contributed by atoms with van der Waals surface area (Å²) in [6.45, 7) is 4.61. The summed E-state index contributed by atoms with van der Waals surface area (Å²) in [7, 11) is 0. The number of aromatic nitrogens is 4. The lowest BCUT2D eigenvalue weighted by atomic mass is 10.0. The normalized spacial score (nSPS) is 17.8. The van der Waals surface area contributed by atoms with Crippen LogP contribution >= 0.6 is 0 Å². The van der Waals surface area contributed by atoms with E-state index in [0.717, 1.165) is 13.0 Å². The fraction of sp³-hybridized carbons (Fsp3) is 0.565. The Kier molecular flexibility index (Phi) is 9.56. The van der Waals surface area contributed by atoms with Gasteiger partial charge in [-0.3, -0.25) is 14.4 Å². The molecule has 0 unspecified atom stereocenters. The molecule has 0 aromatic carbocycles. The van der Waals surface area contributed by atoms with Crippen molar-refractivity contribution in [3.05, 3.63) is 36.4 Å². The molecular weight excluding hydrogens is 468 g/mol. The van der Waals surface area contributed by atoms with Gasteiger partial charge in [0, 0.05) is 36.6 Å². The number of carboxylic acids is 1. The maximum atomic E-state index is 13.3. The zero-order valence-corrected chi connectivity index (χ0v) is 20.4. The molecule has 0 spiro atoms. The van der Waals surface area contributed by atoms with E-state index in [0.29, 0.717) is 24.2 Å². The van der Waals surface area contributed by atoms with Crippen molar-refractivity contribution in [2.45, 2.75) is 70.1 Å². The molecule has 2 aromatic heterocycles. The van der Waals surface area contributed by atoms with Gasteiger partial charge >= 0.3 is 5.97 Å². The van der Waals surface area contributed by atoms with E-state index in [1.165, 1.54) is 25.0 Å². The number of aromatic amines is 2. The highest BCUT2D eigenvalue weighted by molar-refractivity contribution is 5.94. The lowest BCUT2D eigenvalue weighted by Gasteiger charge is -2.26. The summed E-state index contributed by atoms with van der Waals surface area (Å²) in [5.74, 6) is -2.57. The van der Waals surface area contributed by atoms with Crippen molar-refractivity contribution in [1.82, 2.24) is 41.2 Å². The topological polar surface area (TPSA) is 194 Å². The molecule has 4 atom stereocenters. The van der Waals surface area contributed by atoms with Crippen molar-refractivity contribution in [1.29, 1.82) is 0 Å². The van der Waals surface area contributed by atoms with E-state index in [1.807, 2.05) is 13.8 Å². The molecule has 3 heterocycles. The first-order valence-electron chi connectivity index (χ1n) is 12.0. The third-order valence-electron chi connectivity index (χ3n) is 5.92. The van der Waals surface area contributed by atoms with Gasteiger partial charge in [0.1, 0.15) is 18.1 Å². The first-order valence-corrected chi connectivity index (χ1v) is 12.0. The number of imidazole rings is 2. The molecule has 3 amide bonds. The molecule has 0 radical (unpaired) electrons. The van der Waals surface area contributed by atoms with E-state index < -0.39 is 35.9 Å². The maximum Gasteiger partial charge on any atom is 0.326 e. The second-order valence-electron chi connectivity index (χ2n) is 9.36. The van der Waals surface area contributed by atoms with Crippen LogP contribution in [0.4, 0.5) is 0 Å². The van der Waals surface area contributed by atoms with Crippen molar-refractivity contribution in [2.75, 3.05) is 6.54 Å². The predicted molar refractivity (Wildman–Crippen MR) is 128 cm³/mol. The number of rotatable bonds is 13. The molecule has 36 heavy (non-hydrogen) atoms. The fourth-order valence-corrected chi connectivity index (χ4v) is 4.07. The highest BCUT2D eigenvalue weighted by atomic mass is 16.4. The number of carboxylic acid groups (broad SMARTS) is 1. The van der Waals surface area contributed by atoms with Gasteiger partial charge in [0.25, 0.3) is 0 Å². The Morgan fingerprint density at radius 2 is 1.53 bits per heavy atom. The van der Waals surface area contributed by atoms with E-state index >= 15 is 0 Å². The number of hydrogen-bond acceptors (Lipinski definition) is 7. The predicted octanol–water partition coefficient (Wildman–Crippen LogP) is -0.745. The van der Waals surface area contributed by atoms with E-state index in [4.69, 9.17) is 0 Å². The minimum atomic E-state index is -1.24. The van der Waals surface area contributed by atoms with E-state index in [-0.39, 0.29) is 30.7 Å². The molecule has 1 aliphatic rings. The summed E-state index contributed by atoms with van der Waals surface area (Å²) in [4.78, 5) is 64.4. The second-order valence-corrected chi connectivity index (χ2v) is 9.36. The lowest BCUT2D eigenvalue weighted by molar-refractivity contribution is -0.142. The van der Waals surface area contributed by atoms with Crippen molar-refractivity contribution in [3.8, 4) is 0 Å². The van der Waals surface area contributed by atoms with E-state index in [2.05, 4.69) is 41.2 Å². The Morgan fingerprint density at radius 1 is 0.944 bits per heavy atom. The summed E-state index contributed by atoms with van der Waals surface area (Å²) in [5, 5.41) is 20.8. The monoisotopic (exact) mass is 502 g/mol. The Hall–Kier alpha value is -3.74. The molecule has 1 saturated heterocycles. The smallest absolute Gasteiger partial charge is 0.326 e. The van der Waals surface area contributed by atoms with E-state index in [9.17, 15) is 24.3 Å². The van der Waals surface area contributed by atoms with Crippen LogP contribution in [0.25, 0.3) is 0 Å². The molecule has 0 bridgehead atoms.